The standard InChI is InChI=1S/C13H18F2N2O/c1-4-16-11-6-5-10(7-9(11)2)13(18)17(3)8-12(14)15/h5-7,12,16H,4,8H2,1-3H3. The van der Waals surface area contributed by atoms with E-state index in [1.165, 1.54) is 7.05 Å². The number of halogens is 2. The zero-order chi connectivity index (χ0) is 13.7. The average molecular weight is 256 g/mol. The SMILES string of the molecule is CCNc1ccc(C(=O)N(C)CC(F)F)cc1C. The van der Waals surface area contributed by atoms with Crippen LogP contribution in [0, 0.1) is 6.92 Å². The van der Waals surface area contributed by atoms with Gasteiger partial charge in [-0.2, -0.15) is 0 Å². The highest BCUT2D eigenvalue weighted by Crippen LogP contribution is 2.17. The maximum Gasteiger partial charge on any atom is 0.255 e. The van der Waals surface area contributed by atoms with Crippen molar-refractivity contribution in [1.29, 1.82) is 0 Å². The van der Waals surface area contributed by atoms with Crippen LogP contribution in [0.4, 0.5) is 14.5 Å². The van der Waals surface area contributed by atoms with Crippen molar-refractivity contribution in [3.8, 4) is 0 Å². The summed E-state index contributed by atoms with van der Waals surface area (Å²) in [6.45, 7) is 4.10. The predicted molar refractivity (Wildman–Crippen MR) is 68.3 cm³/mol. The zero-order valence-corrected chi connectivity index (χ0v) is 10.8. The van der Waals surface area contributed by atoms with Crippen LogP contribution in [0.15, 0.2) is 18.2 Å². The van der Waals surface area contributed by atoms with Gasteiger partial charge in [0.1, 0.15) is 0 Å². The highest BCUT2D eigenvalue weighted by Gasteiger charge is 2.16. The van der Waals surface area contributed by atoms with Crippen LogP contribution >= 0.6 is 0 Å². The molecule has 0 unspecified atom stereocenters. The van der Waals surface area contributed by atoms with Crippen molar-refractivity contribution in [2.45, 2.75) is 20.3 Å². The molecule has 1 amide bonds. The Labute approximate surface area is 106 Å². The average Bonchev–Trinajstić information content (AvgIpc) is 2.30. The fourth-order valence-electron chi connectivity index (χ4n) is 1.70. The number of amides is 1. The molecule has 5 heteroatoms. The van der Waals surface area contributed by atoms with Crippen LogP contribution in [0.1, 0.15) is 22.8 Å². The van der Waals surface area contributed by atoms with Gasteiger partial charge in [-0.15, -0.1) is 0 Å². The molecule has 1 aromatic rings. The van der Waals surface area contributed by atoms with Gasteiger partial charge in [0.05, 0.1) is 6.54 Å². The summed E-state index contributed by atoms with van der Waals surface area (Å²) in [5.41, 5.74) is 2.30. The van der Waals surface area contributed by atoms with Crippen molar-refractivity contribution in [2.75, 3.05) is 25.5 Å². The molecule has 0 spiro atoms. The van der Waals surface area contributed by atoms with E-state index in [4.69, 9.17) is 0 Å². The van der Waals surface area contributed by atoms with Gasteiger partial charge in [-0.3, -0.25) is 4.79 Å². The molecule has 0 saturated carbocycles. The first kappa shape index (κ1) is 14.4. The van der Waals surface area contributed by atoms with Crippen LogP contribution in [-0.2, 0) is 0 Å². The highest BCUT2D eigenvalue weighted by molar-refractivity contribution is 5.94. The molecule has 0 radical (unpaired) electrons. The molecule has 0 saturated heterocycles. The number of nitrogens with one attached hydrogen (secondary N) is 1. The molecule has 1 N–H and O–H groups in total. The van der Waals surface area contributed by atoms with Crippen molar-refractivity contribution in [2.24, 2.45) is 0 Å². The number of carbonyl (C=O) groups is 1. The van der Waals surface area contributed by atoms with E-state index in [-0.39, 0.29) is 5.91 Å². The first-order valence-electron chi connectivity index (χ1n) is 5.83. The van der Waals surface area contributed by atoms with Crippen LogP contribution in [0.3, 0.4) is 0 Å². The smallest absolute Gasteiger partial charge is 0.255 e. The van der Waals surface area contributed by atoms with Crippen molar-refractivity contribution >= 4 is 11.6 Å². The number of alkyl halides is 2. The molecule has 1 rings (SSSR count). The molecule has 3 nitrogen and oxygen atoms in total. The monoisotopic (exact) mass is 256 g/mol. The van der Waals surface area contributed by atoms with E-state index in [1.807, 2.05) is 13.8 Å². The molecular weight excluding hydrogens is 238 g/mol. The van der Waals surface area contributed by atoms with Crippen molar-refractivity contribution in [3.05, 3.63) is 29.3 Å². The Bertz CT molecular complexity index is 421. The first-order valence-corrected chi connectivity index (χ1v) is 5.83. The van der Waals surface area contributed by atoms with Gasteiger partial charge in [0, 0.05) is 24.8 Å². The minimum absolute atomic E-state index is 0.388. The minimum Gasteiger partial charge on any atom is -0.385 e. The number of rotatable bonds is 5. The minimum atomic E-state index is -2.51. The summed E-state index contributed by atoms with van der Waals surface area (Å²) in [5.74, 6) is -0.388. The first-order chi connectivity index (χ1) is 8.45. The van der Waals surface area contributed by atoms with Crippen LogP contribution < -0.4 is 5.32 Å². The second-order valence-electron chi connectivity index (χ2n) is 4.14. The summed E-state index contributed by atoms with van der Waals surface area (Å²) < 4.78 is 24.4. The fourth-order valence-corrected chi connectivity index (χ4v) is 1.70. The lowest BCUT2D eigenvalue weighted by molar-refractivity contribution is 0.0620. The van der Waals surface area contributed by atoms with Crippen molar-refractivity contribution < 1.29 is 13.6 Å². The molecule has 18 heavy (non-hydrogen) atoms. The highest BCUT2D eigenvalue weighted by atomic mass is 19.3. The summed E-state index contributed by atoms with van der Waals surface area (Å²) in [6.07, 6.45) is -2.51. The van der Waals surface area contributed by atoms with E-state index in [9.17, 15) is 13.6 Å². The van der Waals surface area contributed by atoms with Crippen LogP contribution in [0.5, 0.6) is 0 Å². The number of hydrogen-bond acceptors (Lipinski definition) is 2. The summed E-state index contributed by atoms with van der Waals surface area (Å²) in [6, 6.07) is 5.15. The number of benzene rings is 1. The maximum atomic E-state index is 12.2. The summed E-state index contributed by atoms with van der Waals surface area (Å²) in [5, 5.41) is 3.16. The third-order valence-corrected chi connectivity index (χ3v) is 2.60. The van der Waals surface area contributed by atoms with Crippen LogP contribution in [0.25, 0.3) is 0 Å². The van der Waals surface area contributed by atoms with E-state index >= 15 is 0 Å². The van der Waals surface area contributed by atoms with Gasteiger partial charge in [0.2, 0.25) is 0 Å². The van der Waals surface area contributed by atoms with E-state index in [1.54, 1.807) is 18.2 Å². The second kappa shape index (κ2) is 6.33. The van der Waals surface area contributed by atoms with Crippen molar-refractivity contribution in [3.63, 3.8) is 0 Å². The van der Waals surface area contributed by atoms with Gasteiger partial charge in [0.25, 0.3) is 12.3 Å². The van der Waals surface area contributed by atoms with Gasteiger partial charge < -0.3 is 10.2 Å². The third kappa shape index (κ3) is 3.68. The third-order valence-electron chi connectivity index (χ3n) is 2.60. The number of hydrogen-bond donors (Lipinski definition) is 1. The Morgan fingerprint density at radius 3 is 2.61 bits per heavy atom. The lowest BCUT2D eigenvalue weighted by atomic mass is 10.1. The number of aryl methyl sites for hydroxylation is 1. The van der Waals surface area contributed by atoms with Gasteiger partial charge in [-0.05, 0) is 37.6 Å². The molecule has 1 aromatic carbocycles. The Balaban J connectivity index is 2.84. The Morgan fingerprint density at radius 2 is 2.11 bits per heavy atom. The molecule has 0 bridgehead atoms. The van der Waals surface area contributed by atoms with Gasteiger partial charge in [0.15, 0.2) is 0 Å². The molecule has 0 atom stereocenters. The van der Waals surface area contributed by atoms with E-state index in [2.05, 4.69) is 5.32 Å². The lowest BCUT2D eigenvalue weighted by Gasteiger charge is -2.17. The normalized spacial score (nSPS) is 10.6. The topological polar surface area (TPSA) is 32.3 Å². The van der Waals surface area contributed by atoms with E-state index in [0.29, 0.717) is 5.56 Å². The number of anilines is 1. The molecule has 0 aliphatic carbocycles. The Hall–Kier alpha value is -1.65. The molecule has 0 aliphatic rings. The van der Waals surface area contributed by atoms with E-state index < -0.39 is 13.0 Å². The predicted octanol–water partition coefficient (Wildman–Crippen LogP) is 2.76. The fraction of sp³-hybridized carbons (Fsp3) is 0.462. The quantitative estimate of drug-likeness (QED) is 0.878. The van der Waals surface area contributed by atoms with Crippen LogP contribution in [0.2, 0.25) is 0 Å². The molecule has 0 heterocycles. The lowest BCUT2D eigenvalue weighted by Crippen LogP contribution is -2.31. The second-order valence-corrected chi connectivity index (χ2v) is 4.14. The molecule has 0 fully saturated rings. The Kier molecular flexibility index (Phi) is 5.07. The summed E-state index contributed by atoms with van der Waals surface area (Å²) in [4.78, 5) is 12.9. The van der Waals surface area contributed by atoms with Crippen molar-refractivity contribution in [1.82, 2.24) is 4.90 Å². The molecule has 0 aromatic heterocycles. The molecule has 100 valence electrons. The van der Waals surface area contributed by atoms with Gasteiger partial charge >= 0.3 is 0 Å². The van der Waals surface area contributed by atoms with Gasteiger partial charge in [-0.25, -0.2) is 8.78 Å². The number of carbonyl (C=O) groups excluding carboxylic acids is 1. The van der Waals surface area contributed by atoms with Gasteiger partial charge in [-0.1, -0.05) is 0 Å². The zero-order valence-electron chi connectivity index (χ0n) is 10.8. The molecular formula is C13H18F2N2O. The maximum absolute atomic E-state index is 12.2. The summed E-state index contributed by atoms with van der Waals surface area (Å²) >= 11 is 0. The van der Waals surface area contributed by atoms with E-state index in [0.717, 1.165) is 22.7 Å². The molecule has 0 aliphatic heterocycles. The number of nitrogens with zero attached hydrogens (tertiary/aromatic N) is 1. The van der Waals surface area contributed by atoms with Crippen LogP contribution in [-0.4, -0.2) is 37.4 Å². The Morgan fingerprint density at radius 1 is 1.44 bits per heavy atom. The largest absolute Gasteiger partial charge is 0.385 e. The summed E-state index contributed by atoms with van der Waals surface area (Å²) in [7, 11) is 1.38.